The number of ether oxygens (including phenoxy) is 3. The van der Waals surface area contributed by atoms with Crippen LogP contribution in [0, 0.1) is 0 Å². The van der Waals surface area contributed by atoms with Gasteiger partial charge in [-0.25, -0.2) is 4.99 Å². The molecule has 0 aliphatic rings. The Morgan fingerprint density at radius 2 is 1.52 bits per heavy atom. The van der Waals surface area contributed by atoms with Gasteiger partial charge in [-0.05, 0) is 52.2 Å². The third kappa shape index (κ3) is 5.90. The molecule has 3 N–H and O–H groups in total. The second-order valence-electron chi connectivity index (χ2n) is 6.29. The minimum absolute atomic E-state index is 0. The van der Waals surface area contributed by atoms with Gasteiger partial charge < -0.3 is 25.3 Å². The molecule has 3 aromatic rings. The van der Waals surface area contributed by atoms with E-state index in [0.717, 1.165) is 27.6 Å². The largest absolute Gasteiger partial charge is 0.497 e. The molecule has 0 bridgehead atoms. The van der Waals surface area contributed by atoms with Gasteiger partial charge in [0.1, 0.15) is 5.75 Å². The highest BCUT2D eigenvalue weighted by Gasteiger charge is 2.05. The smallest absolute Gasteiger partial charge is 0.189 e. The van der Waals surface area contributed by atoms with Gasteiger partial charge in [0.2, 0.25) is 0 Å². The predicted octanol–water partition coefficient (Wildman–Crippen LogP) is 4.09. The summed E-state index contributed by atoms with van der Waals surface area (Å²) in [6.07, 6.45) is 0. The Morgan fingerprint density at radius 3 is 2.24 bits per heavy atom. The van der Waals surface area contributed by atoms with E-state index in [-0.39, 0.29) is 24.0 Å². The summed E-state index contributed by atoms with van der Waals surface area (Å²) in [7, 11) is 4.90. The SMILES string of the molecule is COc1ccc2cc(CN=C(N)NCc3ccc(OC)c(OC)c3)ccc2c1.I. The second kappa shape index (κ2) is 10.8. The lowest BCUT2D eigenvalue weighted by molar-refractivity contribution is 0.354. The first-order valence-electron chi connectivity index (χ1n) is 8.94. The Hall–Kier alpha value is -2.68. The topological polar surface area (TPSA) is 78.1 Å². The van der Waals surface area contributed by atoms with Crippen molar-refractivity contribution in [3.8, 4) is 17.2 Å². The minimum Gasteiger partial charge on any atom is -0.497 e. The highest BCUT2D eigenvalue weighted by molar-refractivity contribution is 14.0. The molecule has 0 amide bonds. The van der Waals surface area contributed by atoms with Gasteiger partial charge in [0, 0.05) is 6.54 Å². The van der Waals surface area contributed by atoms with E-state index in [1.807, 2.05) is 42.5 Å². The number of nitrogens with zero attached hydrogens (tertiary/aromatic N) is 1. The standard InChI is InChI=1S/C22H25N3O3.HI/c1-26-19-8-7-17-10-15(4-6-18(17)12-19)13-24-22(23)25-14-16-5-9-20(27-2)21(11-16)28-3;/h4-12H,13-14H2,1-3H3,(H3,23,24,25);1H. The van der Waals surface area contributed by atoms with E-state index >= 15 is 0 Å². The molecule has 6 nitrogen and oxygen atoms in total. The van der Waals surface area contributed by atoms with Crippen LogP contribution in [0.4, 0.5) is 0 Å². The van der Waals surface area contributed by atoms with Crippen molar-refractivity contribution in [2.75, 3.05) is 21.3 Å². The molecular formula is C22H26IN3O3. The predicted molar refractivity (Wildman–Crippen MR) is 128 cm³/mol. The second-order valence-corrected chi connectivity index (χ2v) is 6.29. The molecule has 29 heavy (non-hydrogen) atoms. The molecule has 0 spiro atoms. The molecule has 0 radical (unpaired) electrons. The van der Waals surface area contributed by atoms with Crippen LogP contribution in [0.15, 0.2) is 59.6 Å². The van der Waals surface area contributed by atoms with Crippen molar-refractivity contribution in [3.63, 3.8) is 0 Å². The molecule has 154 valence electrons. The lowest BCUT2D eigenvalue weighted by Crippen LogP contribution is -2.31. The molecule has 0 saturated heterocycles. The molecule has 3 aromatic carbocycles. The third-order valence-corrected chi connectivity index (χ3v) is 4.47. The monoisotopic (exact) mass is 507 g/mol. The Bertz CT molecular complexity index is 992. The number of nitrogens with one attached hydrogen (secondary N) is 1. The normalized spacial score (nSPS) is 10.9. The number of benzene rings is 3. The third-order valence-electron chi connectivity index (χ3n) is 4.47. The van der Waals surface area contributed by atoms with Crippen LogP contribution in [0.25, 0.3) is 10.8 Å². The fourth-order valence-corrected chi connectivity index (χ4v) is 2.91. The van der Waals surface area contributed by atoms with Crippen LogP contribution in [-0.2, 0) is 13.1 Å². The van der Waals surface area contributed by atoms with E-state index in [4.69, 9.17) is 19.9 Å². The van der Waals surface area contributed by atoms with Gasteiger partial charge in [-0.1, -0.05) is 24.3 Å². The van der Waals surface area contributed by atoms with Crippen molar-refractivity contribution in [1.29, 1.82) is 0 Å². The number of hydrogen-bond donors (Lipinski definition) is 2. The van der Waals surface area contributed by atoms with Gasteiger partial charge in [0.05, 0.1) is 27.9 Å². The number of halogens is 1. The molecule has 0 fully saturated rings. The van der Waals surface area contributed by atoms with Crippen LogP contribution < -0.4 is 25.3 Å². The average molecular weight is 507 g/mol. The summed E-state index contributed by atoms with van der Waals surface area (Å²) in [6.45, 7) is 1.06. The van der Waals surface area contributed by atoms with Gasteiger partial charge in [0.15, 0.2) is 17.5 Å². The maximum Gasteiger partial charge on any atom is 0.189 e. The van der Waals surface area contributed by atoms with Crippen LogP contribution in [0.2, 0.25) is 0 Å². The van der Waals surface area contributed by atoms with Crippen molar-refractivity contribution in [1.82, 2.24) is 5.32 Å². The highest BCUT2D eigenvalue weighted by atomic mass is 127. The minimum atomic E-state index is 0. The summed E-state index contributed by atoms with van der Waals surface area (Å²) in [6, 6.07) is 18.0. The van der Waals surface area contributed by atoms with E-state index in [1.165, 1.54) is 0 Å². The summed E-state index contributed by atoms with van der Waals surface area (Å²) in [5.74, 6) is 2.62. The number of aliphatic imine (C=N–C) groups is 1. The highest BCUT2D eigenvalue weighted by Crippen LogP contribution is 2.27. The van der Waals surface area contributed by atoms with E-state index in [2.05, 4.69) is 22.4 Å². The van der Waals surface area contributed by atoms with Crippen LogP contribution in [-0.4, -0.2) is 27.3 Å². The van der Waals surface area contributed by atoms with Crippen molar-refractivity contribution in [3.05, 3.63) is 65.7 Å². The summed E-state index contributed by atoms with van der Waals surface area (Å²) in [5.41, 5.74) is 8.13. The molecule has 0 unspecified atom stereocenters. The number of rotatable bonds is 7. The zero-order valence-corrected chi connectivity index (χ0v) is 19.1. The van der Waals surface area contributed by atoms with Gasteiger partial charge in [-0.15, -0.1) is 24.0 Å². The summed E-state index contributed by atoms with van der Waals surface area (Å²) in [4.78, 5) is 4.43. The van der Waals surface area contributed by atoms with Crippen LogP contribution in [0.3, 0.4) is 0 Å². The van der Waals surface area contributed by atoms with E-state index < -0.39 is 0 Å². The summed E-state index contributed by atoms with van der Waals surface area (Å²) >= 11 is 0. The average Bonchev–Trinajstić information content (AvgIpc) is 2.75. The number of methoxy groups -OCH3 is 3. The van der Waals surface area contributed by atoms with E-state index in [9.17, 15) is 0 Å². The molecule has 3 rings (SSSR count). The number of nitrogens with two attached hydrogens (primary N) is 1. The first-order chi connectivity index (χ1) is 13.6. The van der Waals surface area contributed by atoms with Gasteiger partial charge in [-0.2, -0.15) is 0 Å². The molecule has 0 atom stereocenters. The molecule has 0 aromatic heterocycles. The van der Waals surface area contributed by atoms with Crippen molar-refractivity contribution >= 4 is 40.7 Å². The van der Waals surface area contributed by atoms with E-state index in [1.54, 1.807) is 21.3 Å². The lowest BCUT2D eigenvalue weighted by atomic mass is 10.1. The van der Waals surface area contributed by atoms with Crippen LogP contribution in [0.5, 0.6) is 17.2 Å². The molecular weight excluding hydrogens is 481 g/mol. The first kappa shape index (κ1) is 22.6. The summed E-state index contributed by atoms with van der Waals surface area (Å²) in [5, 5.41) is 5.40. The molecule has 0 aliphatic carbocycles. The Morgan fingerprint density at radius 1 is 0.828 bits per heavy atom. The van der Waals surface area contributed by atoms with Gasteiger partial charge in [-0.3, -0.25) is 0 Å². The van der Waals surface area contributed by atoms with Gasteiger partial charge >= 0.3 is 0 Å². The number of hydrogen-bond acceptors (Lipinski definition) is 4. The quantitative estimate of drug-likeness (QED) is 0.286. The Labute approximate surface area is 188 Å². The van der Waals surface area contributed by atoms with E-state index in [0.29, 0.717) is 30.5 Å². The maximum atomic E-state index is 6.01. The molecule has 0 aliphatic heterocycles. The Balaban J connectivity index is 0.00000300. The summed E-state index contributed by atoms with van der Waals surface area (Å²) < 4.78 is 15.8. The lowest BCUT2D eigenvalue weighted by Gasteiger charge is -2.10. The van der Waals surface area contributed by atoms with Crippen LogP contribution >= 0.6 is 24.0 Å². The Kier molecular flexibility index (Phi) is 8.38. The zero-order valence-electron chi connectivity index (χ0n) is 16.8. The number of guanidine groups is 1. The maximum absolute atomic E-state index is 6.01. The fourth-order valence-electron chi connectivity index (χ4n) is 2.91. The number of fused-ring (bicyclic) bond motifs is 1. The van der Waals surface area contributed by atoms with Crippen molar-refractivity contribution < 1.29 is 14.2 Å². The fraction of sp³-hybridized carbons (Fsp3) is 0.227. The van der Waals surface area contributed by atoms with Crippen molar-refractivity contribution in [2.24, 2.45) is 10.7 Å². The first-order valence-corrected chi connectivity index (χ1v) is 8.94. The molecule has 0 saturated carbocycles. The van der Waals surface area contributed by atoms with Crippen molar-refractivity contribution in [2.45, 2.75) is 13.1 Å². The molecule has 7 heteroatoms. The van der Waals surface area contributed by atoms with Crippen LogP contribution in [0.1, 0.15) is 11.1 Å². The van der Waals surface area contributed by atoms with Gasteiger partial charge in [0.25, 0.3) is 0 Å². The molecule has 0 heterocycles. The zero-order chi connectivity index (χ0) is 19.9.